The third-order valence-electron chi connectivity index (χ3n) is 4.49. The van der Waals surface area contributed by atoms with Crippen LogP contribution in [0.25, 0.3) is 21.5 Å². The largest absolute Gasteiger partial charge is 0.467 e. The molecule has 1 unspecified atom stereocenters. The van der Waals surface area contributed by atoms with Crippen LogP contribution in [0.4, 0.5) is 15.2 Å². The van der Waals surface area contributed by atoms with Crippen LogP contribution in [0.15, 0.2) is 53.1 Å². The standard InChI is InChI=1S/C21H17FN4O5S/c1-30-20(29)16(10-27)24-19(28)17-9-15(26-31-17)11-2-5-13(6-3-11)23-21-25-14-7-4-12(22)8-18(14)32-21/h2-9,16,27H,10H2,1H3,(H,23,25)(H,24,28). The Kier molecular flexibility index (Phi) is 6.10. The fourth-order valence-electron chi connectivity index (χ4n) is 2.87. The molecule has 2 heterocycles. The third-order valence-corrected chi connectivity index (χ3v) is 5.42. The molecule has 0 radical (unpaired) electrons. The zero-order valence-electron chi connectivity index (χ0n) is 16.7. The molecular weight excluding hydrogens is 439 g/mol. The van der Waals surface area contributed by atoms with Crippen molar-refractivity contribution >= 4 is 44.2 Å². The molecule has 0 spiro atoms. The number of benzene rings is 2. The minimum Gasteiger partial charge on any atom is -0.467 e. The molecule has 0 saturated carbocycles. The van der Waals surface area contributed by atoms with Gasteiger partial charge in [-0.05, 0) is 30.3 Å². The molecule has 3 N–H and O–H groups in total. The topological polar surface area (TPSA) is 127 Å². The third kappa shape index (κ3) is 4.58. The Hall–Kier alpha value is -3.83. The van der Waals surface area contributed by atoms with Crippen LogP contribution in [-0.2, 0) is 9.53 Å². The predicted molar refractivity (Wildman–Crippen MR) is 115 cm³/mol. The number of aliphatic hydroxyl groups is 1. The van der Waals surface area contributed by atoms with Crippen LogP contribution in [-0.4, -0.2) is 46.9 Å². The number of aromatic nitrogens is 2. The molecule has 1 amide bonds. The number of hydrogen-bond acceptors (Lipinski definition) is 9. The molecule has 11 heteroatoms. The maximum atomic E-state index is 13.4. The van der Waals surface area contributed by atoms with E-state index in [1.165, 1.54) is 29.5 Å². The highest BCUT2D eigenvalue weighted by Crippen LogP contribution is 2.29. The number of esters is 1. The summed E-state index contributed by atoms with van der Waals surface area (Å²) in [6, 6.07) is 11.8. The van der Waals surface area contributed by atoms with E-state index in [9.17, 15) is 19.1 Å². The quantitative estimate of drug-likeness (QED) is 0.362. The number of hydrogen-bond donors (Lipinski definition) is 3. The number of methoxy groups -OCH3 is 1. The number of ether oxygens (including phenoxy) is 1. The highest BCUT2D eigenvalue weighted by atomic mass is 32.1. The van der Waals surface area contributed by atoms with E-state index in [0.717, 1.165) is 17.5 Å². The first kappa shape index (κ1) is 21.4. The Labute approximate surface area is 184 Å². The molecule has 0 saturated heterocycles. The Balaban J connectivity index is 1.44. The number of nitrogens with one attached hydrogen (secondary N) is 2. The first-order valence-corrected chi connectivity index (χ1v) is 10.2. The van der Waals surface area contributed by atoms with Crippen LogP contribution in [0.5, 0.6) is 0 Å². The van der Waals surface area contributed by atoms with Crippen molar-refractivity contribution in [1.29, 1.82) is 0 Å². The van der Waals surface area contributed by atoms with E-state index in [-0.39, 0.29) is 11.6 Å². The van der Waals surface area contributed by atoms with Gasteiger partial charge in [0.2, 0.25) is 5.76 Å². The summed E-state index contributed by atoms with van der Waals surface area (Å²) in [6.07, 6.45) is 0. The number of thiazole rings is 1. The molecule has 4 aromatic rings. The van der Waals surface area contributed by atoms with Crippen LogP contribution in [0, 0.1) is 5.82 Å². The molecule has 4 rings (SSSR count). The molecule has 9 nitrogen and oxygen atoms in total. The monoisotopic (exact) mass is 456 g/mol. The summed E-state index contributed by atoms with van der Waals surface area (Å²) in [5.41, 5.74) is 2.57. The van der Waals surface area contributed by atoms with Gasteiger partial charge in [-0.3, -0.25) is 4.79 Å². The number of amides is 1. The van der Waals surface area contributed by atoms with Crippen LogP contribution in [0.1, 0.15) is 10.6 Å². The lowest BCUT2D eigenvalue weighted by Crippen LogP contribution is -2.43. The highest BCUT2D eigenvalue weighted by molar-refractivity contribution is 7.22. The van der Waals surface area contributed by atoms with Gasteiger partial charge in [0, 0.05) is 17.3 Å². The van der Waals surface area contributed by atoms with Crippen LogP contribution >= 0.6 is 11.3 Å². The van der Waals surface area contributed by atoms with E-state index in [0.29, 0.717) is 21.9 Å². The van der Waals surface area contributed by atoms with Crippen LogP contribution < -0.4 is 10.6 Å². The second-order valence-electron chi connectivity index (χ2n) is 6.64. The molecular formula is C21H17FN4O5S. The highest BCUT2D eigenvalue weighted by Gasteiger charge is 2.23. The minimum atomic E-state index is -1.20. The van der Waals surface area contributed by atoms with Gasteiger partial charge in [0.25, 0.3) is 5.91 Å². The molecule has 0 aliphatic rings. The van der Waals surface area contributed by atoms with E-state index in [1.807, 2.05) is 0 Å². The van der Waals surface area contributed by atoms with Crippen molar-refractivity contribution in [2.24, 2.45) is 0 Å². The molecule has 0 bridgehead atoms. The Morgan fingerprint density at radius 2 is 2.00 bits per heavy atom. The molecule has 0 fully saturated rings. The minimum absolute atomic E-state index is 0.119. The molecule has 2 aromatic carbocycles. The number of aliphatic hydroxyl groups excluding tert-OH is 1. The van der Waals surface area contributed by atoms with Gasteiger partial charge in [-0.2, -0.15) is 0 Å². The van der Waals surface area contributed by atoms with E-state index in [1.54, 1.807) is 30.3 Å². The summed E-state index contributed by atoms with van der Waals surface area (Å²) in [4.78, 5) is 28.1. The maximum Gasteiger partial charge on any atom is 0.330 e. The molecule has 0 aliphatic heterocycles. The number of carbonyl (C=O) groups is 2. The maximum absolute atomic E-state index is 13.4. The van der Waals surface area contributed by atoms with Crippen molar-refractivity contribution in [3.05, 3.63) is 60.1 Å². The summed E-state index contributed by atoms with van der Waals surface area (Å²) in [5.74, 6) is -1.91. The first-order chi connectivity index (χ1) is 15.5. The van der Waals surface area contributed by atoms with Crippen molar-refractivity contribution in [1.82, 2.24) is 15.5 Å². The number of fused-ring (bicyclic) bond motifs is 1. The zero-order chi connectivity index (χ0) is 22.7. The van der Waals surface area contributed by atoms with E-state index in [2.05, 4.69) is 25.5 Å². The Morgan fingerprint density at radius 3 is 2.72 bits per heavy atom. The van der Waals surface area contributed by atoms with Gasteiger partial charge in [-0.1, -0.05) is 28.6 Å². The predicted octanol–water partition coefficient (Wildman–Crippen LogP) is 3.10. The Bertz CT molecular complexity index is 1270. The van der Waals surface area contributed by atoms with Gasteiger partial charge >= 0.3 is 5.97 Å². The molecule has 1 atom stereocenters. The number of nitrogens with zero attached hydrogens (tertiary/aromatic N) is 2. The van der Waals surface area contributed by atoms with Crippen molar-refractivity contribution in [3.8, 4) is 11.3 Å². The van der Waals surface area contributed by atoms with Gasteiger partial charge in [0.1, 0.15) is 11.5 Å². The summed E-state index contributed by atoms with van der Waals surface area (Å²) < 4.78 is 23.7. The lowest BCUT2D eigenvalue weighted by molar-refractivity contribution is -0.143. The van der Waals surface area contributed by atoms with Crippen LogP contribution in [0.2, 0.25) is 0 Å². The number of anilines is 2. The van der Waals surface area contributed by atoms with Gasteiger partial charge in [0.15, 0.2) is 11.2 Å². The Morgan fingerprint density at radius 1 is 1.22 bits per heavy atom. The van der Waals surface area contributed by atoms with E-state index < -0.39 is 24.5 Å². The molecule has 32 heavy (non-hydrogen) atoms. The molecule has 2 aromatic heterocycles. The second-order valence-corrected chi connectivity index (χ2v) is 7.67. The number of carbonyl (C=O) groups excluding carboxylic acids is 2. The average Bonchev–Trinajstić information content (AvgIpc) is 3.44. The molecule has 164 valence electrons. The summed E-state index contributed by atoms with van der Waals surface area (Å²) in [7, 11) is 1.15. The average molecular weight is 456 g/mol. The number of halogens is 1. The van der Waals surface area contributed by atoms with Crippen molar-refractivity contribution in [3.63, 3.8) is 0 Å². The van der Waals surface area contributed by atoms with Crippen LogP contribution in [0.3, 0.4) is 0 Å². The normalized spacial score (nSPS) is 11.8. The van der Waals surface area contributed by atoms with E-state index >= 15 is 0 Å². The van der Waals surface area contributed by atoms with Crippen molar-refractivity contribution in [2.75, 3.05) is 19.0 Å². The summed E-state index contributed by atoms with van der Waals surface area (Å²) in [5, 5.41) is 19.2. The fourth-order valence-corrected chi connectivity index (χ4v) is 3.78. The lowest BCUT2D eigenvalue weighted by atomic mass is 10.1. The second kappa shape index (κ2) is 9.12. The van der Waals surface area contributed by atoms with Gasteiger partial charge in [-0.15, -0.1) is 0 Å². The smallest absolute Gasteiger partial charge is 0.330 e. The number of rotatable bonds is 7. The van der Waals surface area contributed by atoms with Gasteiger partial charge in [-0.25, -0.2) is 14.2 Å². The van der Waals surface area contributed by atoms with Crippen molar-refractivity contribution < 1.29 is 28.3 Å². The fraction of sp³-hybridized carbons (Fsp3) is 0.143. The lowest BCUT2D eigenvalue weighted by Gasteiger charge is -2.12. The first-order valence-electron chi connectivity index (χ1n) is 9.36. The van der Waals surface area contributed by atoms with E-state index in [4.69, 9.17) is 4.52 Å². The van der Waals surface area contributed by atoms with Crippen molar-refractivity contribution in [2.45, 2.75) is 6.04 Å². The SMILES string of the molecule is COC(=O)C(CO)NC(=O)c1cc(-c2ccc(Nc3nc4ccc(F)cc4s3)cc2)no1. The summed E-state index contributed by atoms with van der Waals surface area (Å²) in [6.45, 7) is -0.614. The summed E-state index contributed by atoms with van der Waals surface area (Å²) >= 11 is 1.34. The van der Waals surface area contributed by atoms with Gasteiger partial charge in [0.05, 0.1) is 23.9 Å². The zero-order valence-corrected chi connectivity index (χ0v) is 17.5. The van der Waals surface area contributed by atoms with Gasteiger partial charge < -0.3 is 25.0 Å². The molecule has 0 aliphatic carbocycles.